The maximum absolute atomic E-state index is 14.6. The first kappa shape index (κ1) is 49.0. The van der Waals surface area contributed by atoms with Crippen LogP contribution in [-0.4, -0.2) is 145 Å². The van der Waals surface area contributed by atoms with Crippen LogP contribution in [0.5, 0.6) is 0 Å². The molecule has 0 radical (unpaired) electrons. The molecule has 21 nitrogen and oxygen atoms in total. The lowest BCUT2D eigenvalue weighted by Gasteiger charge is -2.33. The molecule has 0 saturated carbocycles. The second-order valence-corrected chi connectivity index (χ2v) is 18.1. The van der Waals surface area contributed by atoms with Crippen molar-refractivity contribution in [2.75, 3.05) is 25.4 Å². The zero-order valence-electron chi connectivity index (χ0n) is 37.2. The van der Waals surface area contributed by atoms with Crippen molar-refractivity contribution in [3.63, 3.8) is 0 Å². The number of carbonyl (C=O) groups excluding carboxylic acids is 9. The molecule has 3 aromatic rings. The highest BCUT2D eigenvalue weighted by atomic mass is 32.2. The molecule has 3 fully saturated rings. The average molecular weight is 933 g/mol. The van der Waals surface area contributed by atoms with Crippen LogP contribution in [-0.2, 0) is 56.0 Å². The molecule has 0 unspecified atom stereocenters. The molecular weight excluding hydrogens is 873 g/mol. The molecule has 3 aliphatic heterocycles. The lowest BCUT2D eigenvalue weighted by atomic mass is 10.0. The number of nitrogens with two attached hydrogens (primary N) is 1. The van der Waals surface area contributed by atoms with E-state index in [1.807, 2.05) is 31.2 Å². The van der Waals surface area contributed by atoms with Crippen molar-refractivity contribution in [1.82, 2.24) is 56.7 Å². The topological polar surface area (TPSA) is 303 Å². The van der Waals surface area contributed by atoms with Gasteiger partial charge in [-0.25, -0.2) is 4.98 Å². The van der Waals surface area contributed by atoms with Crippen molar-refractivity contribution in [2.24, 2.45) is 5.73 Å². The summed E-state index contributed by atoms with van der Waals surface area (Å²) in [6.45, 7) is 3.60. The van der Waals surface area contributed by atoms with Gasteiger partial charge in [0, 0.05) is 74.1 Å². The van der Waals surface area contributed by atoms with Gasteiger partial charge in [-0.2, -0.15) is 0 Å². The molecule has 66 heavy (non-hydrogen) atoms. The van der Waals surface area contributed by atoms with E-state index in [2.05, 4.69) is 46.9 Å². The number of amides is 9. The lowest BCUT2D eigenvalue weighted by Crippen LogP contribution is -2.60. The summed E-state index contributed by atoms with van der Waals surface area (Å²) >= 11 is 1.21. The molecule has 7 atom stereocenters. The molecule has 0 bridgehead atoms. The summed E-state index contributed by atoms with van der Waals surface area (Å²) in [5, 5.41) is 16.0. The minimum Gasteiger partial charge on any atom is -0.368 e. The highest BCUT2D eigenvalue weighted by molar-refractivity contribution is 8.00. The predicted molar refractivity (Wildman–Crippen MR) is 243 cm³/mol. The zero-order chi connectivity index (χ0) is 47.3. The van der Waals surface area contributed by atoms with Crippen molar-refractivity contribution in [3.8, 4) is 0 Å². The summed E-state index contributed by atoms with van der Waals surface area (Å²) in [5.41, 5.74) is 7.79. The van der Waals surface area contributed by atoms with Crippen LogP contribution < -0.4 is 37.6 Å². The van der Waals surface area contributed by atoms with E-state index in [4.69, 9.17) is 5.73 Å². The van der Waals surface area contributed by atoms with Gasteiger partial charge in [0.05, 0.1) is 12.7 Å². The van der Waals surface area contributed by atoms with Gasteiger partial charge in [0.25, 0.3) is 5.91 Å². The molecule has 6 rings (SSSR count). The third-order valence-corrected chi connectivity index (χ3v) is 13.2. The molecule has 3 saturated heterocycles. The number of hydrogen-bond acceptors (Lipinski definition) is 11. The largest absolute Gasteiger partial charge is 0.368 e. The highest BCUT2D eigenvalue weighted by Crippen LogP contribution is 2.30. The number of fused-ring (bicyclic) bond motifs is 3. The molecule has 10 N–H and O–H groups in total. The van der Waals surface area contributed by atoms with Crippen molar-refractivity contribution < 1.29 is 43.2 Å². The van der Waals surface area contributed by atoms with E-state index in [1.54, 1.807) is 6.20 Å². The summed E-state index contributed by atoms with van der Waals surface area (Å²) in [4.78, 5) is 137. The number of rotatable bonds is 11. The summed E-state index contributed by atoms with van der Waals surface area (Å²) in [6.07, 6.45) is 7.10. The molecule has 1 aromatic carbocycles. The fraction of sp³-hybridized carbons (Fsp3) is 0.545. The van der Waals surface area contributed by atoms with Crippen LogP contribution in [0.1, 0.15) is 82.9 Å². The van der Waals surface area contributed by atoms with Crippen molar-refractivity contribution in [1.29, 1.82) is 0 Å². The Labute approximate surface area is 386 Å². The van der Waals surface area contributed by atoms with Gasteiger partial charge in [0.15, 0.2) is 5.37 Å². The first-order valence-electron chi connectivity index (χ1n) is 22.5. The Hall–Kier alpha value is -6.45. The van der Waals surface area contributed by atoms with E-state index in [1.165, 1.54) is 41.0 Å². The molecular formula is C44H60N12O9S. The number of primary amides is 1. The molecule has 5 heterocycles. The SMILES string of the molecule is CCCC[C@H](NC(C)=O)C(=O)N[C@H]1CC(=O)NCCCC[C@@H](C(N)=O)NC(=O)[C@H](Cc2c[nH]c3ccccc23)NC(=O)[C@@H]2CCCN2C(=O)[C@H]2SCCN2C(=O)[C@H](Cc2cnc[nH]2)NC1=O. The minimum absolute atomic E-state index is 0.0397. The Morgan fingerprint density at radius 3 is 2.42 bits per heavy atom. The van der Waals surface area contributed by atoms with E-state index in [0.717, 1.165) is 22.9 Å². The van der Waals surface area contributed by atoms with E-state index in [0.29, 0.717) is 37.1 Å². The summed E-state index contributed by atoms with van der Waals surface area (Å²) in [6, 6.07) is 0.352. The van der Waals surface area contributed by atoms with Crippen molar-refractivity contribution >= 4 is 75.8 Å². The van der Waals surface area contributed by atoms with Crippen molar-refractivity contribution in [2.45, 2.75) is 126 Å². The molecule has 9 amide bonds. The maximum Gasteiger partial charge on any atom is 0.256 e. The monoisotopic (exact) mass is 932 g/mol. The molecule has 3 aliphatic rings. The van der Waals surface area contributed by atoms with Gasteiger partial charge in [-0.1, -0.05) is 38.0 Å². The Kier molecular flexibility index (Phi) is 17.2. The number of hydrogen-bond donors (Lipinski definition) is 9. The van der Waals surface area contributed by atoms with Crippen LogP contribution in [0.25, 0.3) is 10.9 Å². The van der Waals surface area contributed by atoms with Crippen LogP contribution in [0.15, 0.2) is 43.0 Å². The fourth-order valence-corrected chi connectivity index (χ4v) is 9.74. The van der Waals surface area contributed by atoms with E-state index in [9.17, 15) is 43.2 Å². The Morgan fingerprint density at radius 2 is 1.68 bits per heavy atom. The number of carbonyl (C=O) groups is 9. The molecule has 0 aliphatic carbocycles. The number of nitrogens with zero attached hydrogens (tertiary/aromatic N) is 3. The van der Waals surface area contributed by atoms with Crippen LogP contribution in [0.2, 0.25) is 0 Å². The number of aromatic amines is 2. The average Bonchev–Trinajstić information content (AvgIpc) is 4.14. The van der Waals surface area contributed by atoms with Gasteiger partial charge in [-0.15, -0.1) is 11.8 Å². The Balaban J connectivity index is 1.31. The molecule has 22 heteroatoms. The van der Waals surface area contributed by atoms with Gasteiger partial charge < -0.3 is 57.4 Å². The lowest BCUT2D eigenvalue weighted by molar-refractivity contribution is -0.146. The van der Waals surface area contributed by atoms with Crippen LogP contribution in [0, 0.1) is 0 Å². The summed E-state index contributed by atoms with van der Waals surface area (Å²) < 4.78 is 0. The normalized spacial score (nSPS) is 24.6. The number of H-pyrrole nitrogens is 2. The van der Waals surface area contributed by atoms with Gasteiger partial charge in [-0.3, -0.25) is 43.2 Å². The summed E-state index contributed by atoms with van der Waals surface area (Å²) in [7, 11) is 0. The van der Waals surface area contributed by atoms with Crippen LogP contribution in [0.3, 0.4) is 0 Å². The maximum atomic E-state index is 14.6. The number of nitrogens with one attached hydrogen (secondary N) is 8. The smallest absolute Gasteiger partial charge is 0.256 e. The first-order valence-corrected chi connectivity index (χ1v) is 23.6. The highest BCUT2D eigenvalue weighted by Gasteiger charge is 2.45. The Morgan fingerprint density at radius 1 is 0.894 bits per heavy atom. The van der Waals surface area contributed by atoms with Crippen molar-refractivity contribution in [3.05, 3.63) is 54.2 Å². The molecule has 356 valence electrons. The van der Waals surface area contributed by atoms with Gasteiger partial charge in [0.2, 0.25) is 47.3 Å². The van der Waals surface area contributed by atoms with E-state index in [-0.39, 0.29) is 51.7 Å². The number of para-hydroxylation sites is 1. The molecule has 0 spiro atoms. The second kappa shape index (κ2) is 23.1. The third-order valence-electron chi connectivity index (χ3n) is 12.0. The fourth-order valence-electron chi connectivity index (χ4n) is 8.55. The number of benzene rings is 1. The van der Waals surface area contributed by atoms with E-state index < -0.39 is 101 Å². The standard InChI is InChI=1S/C44H60N12O9S/c1-3-4-11-31(50-25(2)57)38(60)52-33-21-36(58)47-15-8-7-13-30(37(45)59)51-39(61)32(19-26-22-48-29-12-6-5-10-28(26)29)53-41(63)35-14-9-16-55(35)43(65)44-56(17-18-66-44)42(64)34(54-40(33)62)20-27-23-46-24-49-27/h5-6,10,12,22-24,30-35,44,48H,3-4,7-9,11,13-21H2,1-2H3,(H2,45,59)(H,46,49)(H,47,58)(H,50,57)(H,51,61)(H,52,60)(H,53,63)(H,54,62)/t30-,31-,32-,33-,34-,35-,44+/m0/s1. The first-order chi connectivity index (χ1) is 31.7. The third kappa shape index (κ3) is 12.7. The number of unbranched alkanes of at least 4 members (excludes halogenated alkanes) is 1. The Bertz CT molecular complexity index is 2250. The molecule has 2 aromatic heterocycles. The van der Waals surface area contributed by atoms with Gasteiger partial charge in [0.1, 0.15) is 36.3 Å². The zero-order valence-corrected chi connectivity index (χ0v) is 38.0. The quantitative estimate of drug-likeness (QED) is 0.117. The van der Waals surface area contributed by atoms with Gasteiger partial charge >= 0.3 is 0 Å². The summed E-state index contributed by atoms with van der Waals surface area (Å²) in [5.74, 6) is -5.44. The number of imidazole rings is 1. The van der Waals surface area contributed by atoms with Crippen LogP contribution >= 0.6 is 11.8 Å². The number of thioether (sulfide) groups is 1. The van der Waals surface area contributed by atoms with Gasteiger partial charge in [-0.05, 0) is 50.2 Å². The predicted octanol–water partition coefficient (Wildman–Crippen LogP) is -0.622. The number of aromatic nitrogens is 3. The van der Waals surface area contributed by atoms with Crippen LogP contribution in [0.4, 0.5) is 0 Å². The second-order valence-electron chi connectivity index (χ2n) is 16.9. The van der Waals surface area contributed by atoms with E-state index >= 15 is 0 Å². The minimum atomic E-state index is -1.50.